The van der Waals surface area contributed by atoms with Gasteiger partial charge in [-0.05, 0) is 68.0 Å². The monoisotopic (exact) mass is 483 g/mol. The van der Waals surface area contributed by atoms with Gasteiger partial charge in [0.25, 0.3) is 5.91 Å². The number of rotatable bonds is 6. The zero-order valence-corrected chi connectivity index (χ0v) is 19.8. The third-order valence-electron chi connectivity index (χ3n) is 6.94. The molecule has 1 unspecified atom stereocenters. The second kappa shape index (κ2) is 10.6. The number of carbonyl (C=O) groups is 3. The molecule has 3 aliphatic heterocycles. The minimum atomic E-state index is -0.622. The van der Waals surface area contributed by atoms with E-state index in [-0.39, 0.29) is 32.1 Å². The Morgan fingerprint density at radius 1 is 0.971 bits per heavy atom. The highest BCUT2D eigenvalue weighted by Crippen LogP contribution is 2.34. The number of halogens is 1. The zero-order valence-electron chi connectivity index (χ0n) is 20.0. The van der Waals surface area contributed by atoms with E-state index in [2.05, 4.69) is 34.9 Å². The molecule has 34 heavy (non-hydrogen) atoms. The van der Waals surface area contributed by atoms with Crippen molar-refractivity contribution in [3.05, 3.63) is 64.7 Å². The van der Waals surface area contributed by atoms with Crippen LogP contribution in [0.1, 0.15) is 54.2 Å². The number of carbonyl (C=O) groups excluding carboxylic acids is 3. The van der Waals surface area contributed by atoms with Gasteiger partial charge >= 0.3 is 1.43 Å². The Bertz CT molecular complexity index is 1070. The van der Waals surface area contributed by atoms with Crippen molar-refractivity contribution in [1.82, 2.24) is 15.5 Å². The fourth-order valence-electron chi connectivity index (χ4n) is 5.04. The zero-order chi connectivity index (χ0) is 22.8. The lowest BCUT2D eigenvalue weighted by Crippen LogP contribution is -3.00. The van der Waals surface area contributed by atoms with Crippen LogP contribution in [0.2, 0.25) is 0 Å². The number of imide groups is 1. The summed E-state index contributed by atoms with van der Waals surface area (Å²) in [6, 6.07) is 13.4. The van der Waals surface area contributed by atoms with Gasteiger partial charge in [0, 0.05) is 17.5 Å². The third kappa shape index (κ3) is 5.10. The SMILES string of the molecule is O=C1CCC(N2Cc3c(OCc4ccc(CC5CCNCC5)cc4)cccc3C2=O)C(=O)N1.[Cl-].[H+]. The Morgan fingerprint density at radius 2 is 1.71 bits per heavy atom. The standard InChI is InChI=1S/C26H29N3O4.ClH/c30-24-9-8-22(25(31)28-24)29-15-21-20(26(29)32)2-1-3-23(21)33-16-19-6-4-17(5-7-19)14-18-10-12-27-13-11-18;/h1-7,18,22,27H,8-16H2,(H,28,30,31);1H. The number of piperidine rings is 2. The molecule has 5 rings (SSSR count). The quantitative estimate of drug-likeness (QED) is 0.550. The van der Waals surface area contributed by atoms with Gasteiger partial charge in [-0.25, -0.2) is 0 Å². The van der Waals surface area contributed by atoms with Gasteiger partial charge in [-0.15, -0.1) is 0 Å². The van der Waals surface area contributed by atoms with Crippen molar-refractivity contribution in [2.45, 2.75) is 51.3 Å². The lowest BCUT2D eigenvalue weighted by Gasteiger charge is -2.29. The molecule has 3 amide bonds. The van der Waals surface area contributed by atoms with Crippen molar-refractivity contribution in [3.8, 4) is 5.75 Å². The van der Waals surface area contributed by atoms with Gasteiger partial charge in [-0.1, -0.05) is 30.3 Å². The molecule has 3 heterocycles. The average molecular weight is 484 g/mol. The molecule has 7 nitrogen and oxygen atoms in total. The lowest BCUT2D eigenvalue weighted by atomic mass is 9.91. The Hall–Kier alpha value is -2.90. The van der Waals surface area contributed by atoms with Crippen LogP contribution in [0.4, 0.5) is 0 Å². The van der Waals surface area contributed by atoms with Crippen LogP contribution in [0.5, 0.6) is 5.75 Å². The van der Waals surface area contributed by atoms with E-state index < -0.39 is 11.9 Å². The topological polar surface area (TPSA) is 87.7 Å². The molecular weight excluding hydrogens is 454 g/mol. The Morgan fingerprint density at radius 3 is 2.44 bits per heavy atom. The van der Waals surface area contributed by atoms with E-state index in [1.54, 1.807) is 11.0 Å². The molecule has 0 aliphatic carbocycles. The highest BCUT2D eigenvalue weighted by molar-refractivity contribution is 6.05. The van der Waals surface area contributed by atoms with Crippen molar-refractivity contribution in [2.24, 2.45) is 5.92 Å². The van der Waals surface area contributed by atoms with Crippen LogP contribution < -0.4 is 27.8 Å². The van der Waals surface area contributed by atoms with Crippen molar-refractivity contribution in [3.63, 3.8) is 0 Å². The first kappa shape index (κ1) is 24.2. The fourth-order valence-corrected chi connectivity index (χ4v) is 5.04. The molecule has 2 saturated heterocycles. The summed E-state index contributed by atoms with van der Waals surface area (Å²) >= 11 is 0. The summed E-state index contributed by atoms with van der Waals surface area (Å²) in [6.07, 6.45) is 4.18. The minimum absolute atomic E-state index is 0. The normalized spacial score (nSPS) is 20.5. The van der Waals surface area contributed by atoms with E-state index in [0.717, 1.165) is 36.6 Å². The van der Waals surface area contributed by atoms with Gasteiger partial charge in [0.05, 0.1) is 6.54 Å². The molecule has 2 fully saturated rings. The van der Waals surface area contributed by atoms with E-state index in [9.17, 15) is 14.4 Å². The first-order chi connectivity index (χ1) is 16.1. The summed E-state index contributed by atoms with van der Waals surface area (Å²) in [6.45, 7) is 2.95. The molecule has 0 aromatic heterocycles. The van der Waals surface area contributed by atoms with Crippen LogP contribution >= 0.6 is 0 Å². The fraction of sp³-hybridized carbons (Fsp3) is 0.423. The Balaban J connectivity index is 0.00000171. The summed E-state index contributed by atoms with van der Waals surface area (Å²) in [5.41, 5.74) is 3.80. The number of benzene rings is 2. The number of hydrogen-bond acceptors (Lipinski definition) is 5. The number of ether oxygens (including phenoxy) is 1. The number of hydrogen-bond donors (Lipinski definition) is 2. The highest BCUT2D eigenvalue weighted by atomic mass is 35.5. The Labute approximate surface area is 207 Å². The van der Waals surface area contributed by atoms with Gasteiger partial charge in [0.1, 0.15) is 18.4 Å². The number of nitrogens with zero attached hydrogens (tertiary/aromatic N) is 1. The van der Waals surface area contributed by atoms with Crippen LogP contribution in [-0.4, -0.2) is 41.8 Å². The molecule has 180 valence electrons. The maximum Gasteiger partial charge on any atom is 1.00 e. The highest BCUT2D eigenvalue weighted by Gasteiger charge is 2.40. The smallest absolute Gasteiger partial charge is 1.00 e. The largest absolute Gasteiger partial charge is 1.00 e. The first-order valence-electron chi connectivity index (χ1n) is 11.8. The van der Waals surface area contributed by atoms with Crippen LogP contribution in [0.3, 0.4) is 0 Å². The predicted octanol–water partition coefficient (Wildman–Crippen LogP) is -0.315. The molecule has 0 radical (unpaired) electrons. The number of nitrogens with one attached hydrogen (secondary N) is 2. The predicted molar refractivity (Wildman–Crippen MR) is 124 cm³/mol. The molecular formula is C26H30ClN3O4. The van der Waals surface area contributed by atoms with Gasteiger partial charge in [-0.2, -0.15) is 0 Å². The van der Waals surface area contributed by atoms with Gasteiger partial charge in [0.2, 0.25) is 11.8 Å². The molecule has 2 aromatic carbocycles. The van der Waals surface area contributed by atoms with Crippen molar-refractivity contribution < 1.29 is 33.0 Å². The van der Waals surface area contributed by atoms with Gasteiger partial charge in [0.15, 0.2) is 0 Å². The van der Waals surface area contributed by atoms with E-state index in [4.69, 9.17) is 4.74 Å². The minimum Gasteiger partial charge on any atom is -1.00 e. The number of fused-ring (bicyclic) bond motifs is 1. The van der Waals surface area contributed by atoms with Crippen LogP contribution in [0.15, 0.2) is 42.5 Å². The molecule has 2 N–H and O–H groups in total. The third-order valence-corrected chi connectivity index (χ3v) is 6.94. The van der Waals surface area contributed by atoms with E-state index in [1.807, 2.05) is 12.1 Å². The molecule has 3 aliphatic rings. The van der Waals surface area contributed by atoms with Crippen LogP contribution in [-0.2, 0) is 29.2 Å². The van der Waals surface area contributed by atoms with E-state index in [0.29, 0.717) is 30.9 Å². The number of amides is 3. The second-order valence-electron chi connectivity index (χ2n) is 9.18. The van der Waals surface area contributed by atoms with Crippen molar-refractivity contribution >= 4 is 17.7 Å². The summed E-state index contributed by atoms with van der Waals surface area (Å²) in [5, 5.41) is 5.75. The maximum atomic E-state index is 13.0. The average Bonchev–Trinajstić information content (AvgIpc) is 3.16. The molecule has 0 saturated carbocycles. The van der Waals surface area contributed by atoms with Gasteiger partial charge in [-0.3, -0.25) is 19.7 Å². The molecule has 0 bridgehead atoms. The molecule has 2 aromatic rings. The van der Waals surface area contributed by atoms with Gasteiger partial charge < -0.3 is 27.4 Å². The molecule has 0 spiro atoms. The molecule has 1 atom stereocenters. The maximum absolute atomic E-state index is 13.0. The summed E-state index contributed by atoms with van der Waals surface area (Å²) < 4.78 is 6.11. The second-order valence-corrected chi connectivity index (χ2v) is 9.18. The first-order valence-corrected chi connectivity index (χ1v) is 11.8. The molecule has 8 heteroatoms. The van der Waals surface area contributed by atoms with E-state index in [1.165, 1.54) is 18.4 Å². The summed E-state index contributed by atoms with van der Waals surface area (Å²) in [7, 11) is 0. The van der Waals surface area contributed by atoms with Crippen molar-refractivity contribution in [2.75, 3.05) is 13.1 Å². The van der Waals surface area contributed by atoms with Crippen LogP contribution in [0.25, 0.3) is 0 Å². The summed E-state index contributed by atoms with van der Waals surface area (Å²) in [4.78, 5) is 38.3. The van der Waals surface area contributed by atoms with E-state index >= 15 is 0 Å². The summed E-state index contributed by atoms with van der Waals surface area (Å²) in [5.74, 6) is 0.539. The Kier molecular flexibility index (Phi) is 7.54. The van der Waals surface area contributed by atoms with Crippen molar-refractivity contribution in [1.29, 1.82) is 0 Å². The van der Waals surface area contributed by atoms with Crippen LogP contribution in [0, 0.1) is 5.92 Å². The lowest BCUT2D eigenvalue weighted by molar-refractivity contribution is -0.136.